The van der Waals surface area contributed by atoms with Gasteiger partial charge in [0.2, 0.25) is 12.2 Å². The maximum Gasteiger partial charge on any atom is 0.511 e. The molecule has 2 aromatic heterocycles. The van der Waals surface area contributed by atoms with E-state index in [4.69, 9.17) is 14.2 Å². The number of nitrogens with zero attached hydrogens (tertiary/aromatic N) is 3. The number of pyridine rings is 1. The summed E-state index contributed by atoms with van der Waals surface area (Å²) in [5.74, 6) is -5.57. The van der Waals surface area contributed by atoms with Crippen LogP contribution in [0.15, 0.2) is 69.2 Å². The van der Waals surface area contributed by atoms with Crippen molar-refractivity contribution >= 4 is 45.3 Å². The third-order valence-electron chi connectivity index (χ3n) is 10.1. The number of sulfonamides is 1. The predicted octanol–water partition coefficient (Wildman–Crippen LogP) is 5.33. The van der Waals surface area contributed by atoms with E-state index in [1.165, 1.54) is 49.0 Å². The van der Waals surface area contributed by atoms with Gasteiger partial charge in [0.05, 0.1) is 16.1 Å². The minimum atomic E-state index is -4.50. The van der Waals surface area contributed by atoms with Gasteiger partial charge in [-0.25, -0.2) is 41.1 Å². The van der Waals surface area contributed by atoms with E-state index in [9.17, 15) is 37.2 Å². The molecule has 1 aliphatic carbocycles. The Morgan fingerprint density at radius 1 is 0.935 bits per heavy atom. The zero-order valence-corrected chi connectivity index (χ0v) is 36.0. The zero-order valence-electron chi connectivity index (χ0n) is 35.2. The summed E-state index contributed by atoms with van der Waals surface area (Å²) in [7, 11) is -3.01. The molecule has 1 fully saturated rings. The average molecular weight is 883 g/mol. The highest BCUT2D eigenvalue weighted by Crippen LogP contribution is 2.25. The van der Waals surface area contributed by atoms with Crippen molar-refractivity contribution in [2.24, 2.45) is 12.5 Å². The number of anilines is 2. The molecule has 0 bridgehead atoms. The Morgan fingerprint density at radius 3 is 2.21 bits per heavy atom. The lowest BCUT2D eigenvalue weighted by Gasteiger charge is -2.23. The normalized spacial score (nSPS) is 14.3. The number of hydrogen-bond acceptors (Lipinski definition) is 12. The summed E-state index contributed by atoms with van der Waals surface area (Å²) >= 11 is 0. The molecule has 0 spiro atoms. The van der Waals surface area contributed by atoms with Gasteiger partial charge < -0.3 is 29.4 Å². The highest BCUT2D eigenvalue weighted by Gasteiger charge is 2.30. The molecule has 2 amide bonds. The van der Waals surface area contributed by atoms with E-state index in [2.05, 4.69) is 15.6 Å². The zero-order chi connectivity index (χ0) is 45.7. The molecule has 1 saturated carbocycles. The minimum absolute atomic E-state index is 0.0426. The largest absolute Gasteiger partial charge is 0.511 e. The molecular formula is C42H48F2N6O11S. The van der Waals surface area contributed by atoms with E-state index in [1.807, 2.05) is 4.72 Å². The smallest absolute Gasteiger partial charge is 0.431 e. The number of halogens is 2. The van der Waals surface area contributed by atoms with Crippen molar-refractivity contribution in [1.82, 2.24) is 19.4 Å². The number of carbonyl (C=O) groups is 4. The Hall–Kier alpha value is -6.44. The molecule has 3 N–H and O–H groups in total. The first kappa shape index (κ1) is 46.6. The number of esters is 1. The molecular weight excluding hydrogens is 835 g/mol. The first-order valence-electron chi connectivity index (χ1n) is 19.6. The van der Waals surface area contributed by atoms with Crippen molar-refractivity contribution in [3.63, 3.8) is 0 Å². The number of ether oxygens (including phenoxy) is 3. The molecule has 20 heteroatoms. The Morgan fingerprint density at radius 2 is 1.60 bits per heavy atom. The van der Waals surface area contributed by atoms with Gasteiger partial charge in [-0.3, -0.25) is 19.1 Å². The van der Waals surface area contributed by atoms with Crippen LogP contribution in [0.4, 0.5) is 25.0 Å². The number of carbonyl (C=O) groups excluding carboxylic acids is 4. The van der Waals surface area contributed by atoms with Crippen LogP contribution in [0.1, 0.15) is 87.0 Å². The van der Waals surface area contributed by atoms with E-state index in [-0.39, 0.29) is 28.3 Å². The quantitative estimate of drug-likeness (QED) is 0.115. The Balaban J connectivity index is 1.35. The van der Waals surface area contributed by atoms with Gasteiger partial charge in [-0.05, 0) is 81.5 Å². The first-order valence-corrected chi connectivity index (χ1v) is 21.1. The van der Waals surface area contributed by atoms with Crippen molar-refractivity contribution in [3.05, 3.63) is 110 Å². The fourth-order valence-corrected chi connectivity index (χ4v) is 7.34. The number of aromatic nitrogens is 3. The van der Waals surface area contributed by atoms with Crippen molar-refractivity contribution in [2.45, 2.75) is 103 Å². The third kappa shape index (κ3) is 11.3. The van der Waals surface area contributed by atoms with Crippen LogP contribution in [0.5, 0.6) is 0 Å². The average Bonchev–Trinajstić information content (AvgIpc) is 3.20. The summed E-state index contributed by atoms with van der Waals surface area (Å²) < 4.78 is 77.0. The van der Waals surface area contributed by atoms with Gasteiger partial charge in [0.25, 0.3) is 21.5 Å². The van der Waals surface area contributed by atoms with Crippen molar-refractivity contribution in [2.75, 3.05) is 10.0 Å². The maximum atomic E-state index is 15.6. The Bertz CT molecular complexity index is 2550. The van der Waals surface area contributed by atoms with Gasteiger partial charge >= 0.3 is 17.8 Å². The first-order chi connectivity index (χ1) is 29.0. The topological polar surface area (TPSA) is 223 Å². The summed E-state index contributed by atoms with van der Waals surface area (Å²) in [4.78, 5) is 81.6. The maximum absolute atomic E-state index is 15.6. The van der Waals surface area contributed by atoms with Gasteiger partial charge in [-0.1, -0.05) is 33.3 Å². The lowest BCUT2D eigenvalue weighted by Crippen LogP contribution is -2.45. The van der Waals surface area contributed by atoms with E-state index in [0.717, 1.165) is 36.0 Å². The highest BCUT2D eigenvalue weighted by atomic mass is 32.2. The molecule has 332 valence electrons. The predicted molar refractivity (Wildman–Crippen MR) is 221 cm³/mol. The van der Waals surface area contributed by atoms with E-state index in [1.54, 1.807) is 34.6 Å². The molecule has 1 aliphatic rings. The molecule has 1 unspecified atom stereocenters. The van der Waals surface area contributed by atoms with Gasteiger partial charge in [-0.2, -0.15) is 0 Å². The molecule has 2 heterocycles. The van der Waals surface area contributed by atoms with E-state index >= 15 is 8.78 Å². The lowest BCUT2D eigenvalue weighted by molar-refractivity contribution is -0.171. The van der Waals surface area contributed by atoms with Crippen LogP contribution in [-0.2, 0) is 47.3 Å². The monoisotopic (exact) mass is 882 g/mol. The fraction of sp³-hybridized carbons (Fsp3) is 0.405. The van der Waals surface area contributed by atoms with Crippen molar-refractivity contribution in [1.29, 1.82) is 0 Å². The van der Waals surface area contributed by atoms with Gasteiger partial charge in [0, 0.05) is 55.0 Å². The number of amides is 2. The Kier molecular flexibility index (Phi) is 14.4. The molecule has 4 aromatic rings. The third-order valence-corrected chi connectivity index (χ3v) is 11.5. The highest BCUT2D eigenvalue weighted by molar-refractivity contribution is 7.92. The SMILES string of the molecule is Cc1c(C)n(C)c(=O)n(-c2ccc(C[C@H](NC(=O)c3cc(F)c(NS(=O)(=O)c4ccc(NC(=O)C(C)(C)C)cc4)cc3F)C(=O)OC(C)OC(=O)OC3CCCCC3)cn2)c1=O. The molecule has 17 nitrogen and oxygen atoms in total. The summed E-state index contributed by atoms with van der Waals surface area (Å²) in [5.41, 5.74) is -2.42. The van der Waals surface area contributed by atoms with Crippen LogP contribution < -0.4 is 26.6 Å². The van der Waals surface area contributed by atoms with Crippen LogP contribution in [0.3, 0.4) is 0 Å². The molecule has 62 heavy (non-hydrogen) atoms. The summed E-state index contributed by atoms with van der Waals surface area (Å²) in [6, 6.07) is 6.89. The number of rotatable bonds is 13. The summed E-state index contributed by atoms with van der Waals surface area (Å²) in [6.45, 7) is 9.49. The van der Waals surface area contributed by atoms with E-state index in [0.29, 0.717) is 41.9 Å². The van der Waals surface area contributed by atoms with E-state index < -0.39 is 86.4 Å². The fourth-order valence-electron chi connectivity index (χ4n) is 6.28. The molecule has 0 radical (unpaired) electrons. The molecule has 5 rings (SSSR count). The lowest BCUT2D eigenvalue weighted by atomic mass is 9.95. The molecule has 0 saturated heterocycles. The standard InChI is InChI=1S/C42H48F2N6O11S/c1-23-24(2)49(7)40(55)50(37(23)52)35-18-13-26(22-45-35)19-34(38(53)59-25(3)60-41(56)61-28-11-9-8-10-12-28)47-36(51)30-20-32(44)33(21-31(30)43)48-62(57,58)29-16-14-27(15-17-29)46-39(54)42(4,5)6/h13-18,20-22,25,28,34,48H,8-12,19H2,1-7H3,(H,46,54)(H,47,51)/t25?,34-/m0/s1. The molecule has 2 atom stereocenters. The van der Waals surface area contributed by atoms with Crippen LogP contribution in [-0.4, -0.2) is 64.9 Å². The number of nitrogens with one attached hydrogen (secondary N) is 3. The second kappa shape index (κ2) is 19.1. The number of hydrogen-bond donors (Lipinski definition) is 3. The van der Waals surface area contributed by atoms with Gasteiger partial charge in [-0.15, -0.1) is 0 Å². The second-order valence-electron chi connectivity index (χ2n) is 15.8. The van der Waals surface area contributed by atoms with Crippen molar-refractivity contribution < 1.29 is 50.6 Å². The van der Waals surface area contributed by atoms with Crippen LogP contribution in [0, 0.1) is 30.9 Å². The number of benzene rings is 2. The molecule has 2 aromatic carbocycles. The van der Waals surface area contributed by atoms with Crippen LogP contribution in [0.2, 0.25) is 0 Å². The second-order valence-corrected chi connectivity index (χ2v) is 17.5. The van der Waals surface area contributed by atoms with Gasteiger partial charge in [0.15, 0.2) is 0 Å². The van der Waals surface area contributed by atoms with Crippen LogP contribution in [0.25, 0.3) is 5.82 Å². The molecule has 0 aliphatic heterocycles. The summed E-state index contributed by atoms with van der Waals surface area (Å²) in [5, 5.41) is 4.93. The minimum Gasteiger partial charge on any atom is -0.431 e. The van der Waals surface area contributed by atoms with Gasteiger partial charge in [0.1, 0.15) is 29.6 Å². The van der Waals surface area contributed by atoms with Crippen LogP contribution >= 0.6 is 0 Å². The Labute approximate surface area is 355 Å². The summed E-state index contributed by atoms with van der Waals surface area (Å²) in [6.07, 6.45) is 1.91. The van der Waals surface area contributed by atoms with Crippen molar-refractivity contribution in [3.8, 4) is 5.82 Å².